The molecule has 1 aliphatic rings. The third-order valence-electron chi connectivity index (χ3n) is 3.73. The van der Waals surface area contributed by atoms with E-state index < -0.39 is 11.7 Å². The van der Waals surface area contributed by atoms with Gasteiger partial charge in [0.2, 0.25) is 0 Å². The van der Waals surface area contributed by atoms with Crippen LogP contribution in [0.15, 0.2) is 29.0 Å². The largest absolute Gasteiger partial charge is 0.390 e. The summed E-state index contributed by atoms with van der Waals surface area (Å²) in [6.45, 7) is 0. The Kier molecular flexibility index (Phi) is 4.13. The van der Waals surface area contributed by atoms with E-state index in [2.05, 4.69) is 30.5 Å². The molecule has 0 bridgehead atoms. The summed E-state index contributed by atoms with van der Waals surface area (Å²) in [7, 11) is 0. The maximum atomic E-state index is 13.5. The van der Waals surface area contributed by atoms with Gasteiger partial charge in [0.25, 0.3) is 5.91 Å². The molecule has 0 saturated heterocycles. The maximum absolute atomic E-state index is 13.5. The van der Waals surface area contributed by atoms with Crippen LogP contribution in [0.5, 0.6) is 0 Å². The molecule has 26 heavy (non-hydrogen) atoms. The summed E-state index contributed by atoms with van der Waals surface area (Å²) in [6, 6.07) is 1.64. The lowest BCUT2D eigenvalue weighted by Crippen LogP contribution is -2.14. The van der Waals surface area contributed by atoms with Crippen LogP contribution >= 0.6 is 11.3 Å². The van der Waals surface area contributed by atoms with E-state index in [1.807, 2.05) is 4.57 Å². The van der Waals surface area contributed by atoms with Crippen LogP contribution in [0.4, 0.5) is 15.9 Å². The predicted octanol–water partition coefficient (Wildman–Crippen LogP) is 2.14. The van der Waals surface area contributed by atoms with Gasteiger partial charge < -0.3 is 15.6 Å². The minimum absolute atomic E-state index is 0.00250. The normalized spacial score (nSPS) is 14.0. The van der Waals surface area contributed by atoms with Crippen LogP contribution in [0.25, 0.3) is 10.8 Å². The lowest BCUT2D eigenvalue weighted by atomic mass is 10.3. The summed E-state index contributed by atoms with van der Waals surface area (Å²) < 4.78 is 15.5. The summed E-state index contributed by atoms with van der Waals surface area (Å²) in [6.07, 6.45) is 5.76. The zero-order valence-electron chi connectivity index (χ0n) is 13.3. The molecule has 11 heteroatoms. The molecule has 132 valence electrons. The van der Waals surface area contributed by atoms with Crippen molar-refractivity contribution in [3.05, 3.63) is 35.5 Å². The summed E-state index contributed by atoms with van der Waals surface area (Å²) in [4.78, 5) is 24.1. The summed E-state index contributed by atoms with van der Waals surface area (Å²) in [5, 5.41) is 13.0. The molecule has 9 nitrogen and oxygen atoms in total. The number of amides is 1. The number of nitrogens with zero attached hydrogens (tertiary/aromatic N) is 6. The topological polar surface area (TPSA) is 124 Å². The number of rotatable bonds is 5. The van der Waals surface area contributed by atoms with E-state index in [0.717, 1.165) is 25.4 Å². The van der Waals surface area contributed by atoms with E-state index in [4.69, 9.17) is 5.73 Å². The fraction of sp³-hybridized carbons (Fsp3) is 0.200. The van der Waals surface area contributed by atoms with Gasteiger partial charge in [-0.2, -0.15) is 0 Å². The zero-order chi connectivity index (χ0) is 18.1. The van der Waals surface area contributed by atoms with E-state index in [0.29, 0.717) is 22.7 Å². The highest BCUT2D eigenvalue weighted by atomic mass is 32.1. The minimum atomic E-state index is -0.668. The molecule has 0 radical (unpaired) electrons. The lowest BCUT2D eigenvalue weighted by molar-refractivity contribution is 0.102. The predicted molar refractivity (Wildman–Crippen MR) is 93.9 cm³/mol. The number of hydrogen-bond donors (Lipinski definition) is 2. The summed E-state index contributed by atoms with van der Waals surface area (Å²) >= 11 is 1.35. The molecule has 0 unspecified atom stereocenters. The van der Waals surface area contributed by atoms with Crippen molar-refractivity contribution in [2.24, 2.45) is 10.7 Å². The summed E-state index contributed by atoms with van der Waals surface area (Å²) in [5.74, 6) is -0.162. The van der Waals surface area contributed by atoms with Crippen molar-refractivity contribution >= 4 is 35.1 Å². The number of aromatic nitrogens is 5. The molecule has 0 aromatic carbocycles. The Balaban J connectivity index is 1.53. The number of anilines is 1. The third kappa shape index (κ3) is 3.16. The van der Waals surface area contributed by atoms with Gasteiger partial charge in [0.05, 0.1) is 12.5 Å². The molecule has 1 aliphatic carbocycles. The second-order valence-electron chi connectivity index (χ2n) is 5.58. The van der Waals surface area contributed by atoms with Gasteiger partial charge in [0.15, 0.2) is 16.6 Å². The number of carbonyl (C=O) groups excluding carboxylic acids is 1. The number of hydrogen-bond acceptors (Lipinski definition) is 7. The molecule has 3 N–H and O–H groups in total. The van der Waals surface area contributed by atoms with Gasteiger partial charge in [-0.1, -0.05) is 0 Å². The van der Waals surface area contributed by atoms with E-state index in [9.17, 15) is 9.18 Å². The maximum Gasteiger partial charge on any atom is 0.275 e. The number of halogens is 1. The van der Waals surface area contributed by atoms with Crippen molar-refractivity contribution in [1.29, 1.82) is 0 Å². The van der Waals surface area contributed by atoms with Crippen molar-refractivity contribution in [2.45, 2.75) is 18.9 Å². The Morgan fingerprint density at radius 2 is 2.35 bits per heavy atom. The van der Waals surface area contributed by atoms with Gasteiger partial charge in [-0.05, 0) is 18.9 Å². The Morgan fingerprint density at radius 3 is 3.12 bits per heavy atom. The first-order chi connectivity index (χ1) is 12.7. The minimum Gasteiger partial charge on any atom is -0.390 e. The van der Waals surface area contributed by atoms with Crippen molar-refractivity contribution in [3.8, 4) is 10.8 Å². The van der Waals surface area contributed by atoms with Crippen molar-refractivity contribution in [2.75, 3.05) is 5.32 Å². The van der Waals surface area contributed by atoms with Gasteiger partial charge in [-0.3, -0.25) is 4.79 Å². The monoisotopic (exact) mass is 372 g/mol. The van der Waals surface area contributed by atoms with Crippen LogP contribution in [-0.4, -0.2) is 37.0 Å². The van der Waals surface area contributed by atoms with Gasteiger partial charge in [0, 0.05) is 11.4 Å². The Bertz CT molecular complexity index is 993. The van der Waals surface area contributed by atoms with Gasteiger partial charge in [0.1, 0.15) is 23.5 Å². The highest BCUT2D eigenvalue weighted by Crippen LogP contribution is 2.38. The standard InChI is InChI=1S/C15H13FN8OS/c16-9-4-18-11(3-10(9)19-6-17)14(25)21-12-5-26-15(22-12)13-23-20-7-24(13)8-1-2-8/h3-8H,1-2H2,(H,21,25)(H2,17,18,19). The van der Waals surface area contributed by atoms with Crippen molar-refractivity contribution in [1.82, 2.24) is 24.7 Å². The third-order valence-corrected chi connectivity index (χ3v) is 4.57. The molecule has 0 spiro atoms. The van der Waals surface area contributed by atoms with Crippen LogP contribution in [0.2, 0.25) is 0 Å². The quantitative estimate of drug-likeness (QED) is 0.522. The second kappa shape index (κ2) is 6.59. The van der Waals surface area contributed by atoms with Crippen molar-refractivity contribution < 1.29 is 9.18 Å². The Morgan fingerprint density at radius 1 is 1.50 bits per heavy atom. The molecule has 1 amide bonds. The van der Waals surface area contributed by atoms with Crippen molar-refractivity contribution in [3.63, 3.8) is 0 Å². The molecule has 1 fully saturated rings. The van der Waals surface area contributed by atoms with E-state index in [1.165, 1.54) is 17.4 Å². The van der Waals surface area contributed by atoms with Crippen LogP contribution in [0.1, 0.15) is 29.4 Å². The second-order valence-corrected chi connectivity index (χ2v) is 6.44. The fourth-order valence-corrected chi connectivity index (χ4v) is 3.10. The first kappa shape index (κ1) is 16.3. The zero-order valence-corrected chi connectivity index (χ0v) is 14.1. The molecule has 3 aromatic heterocycles. The van der Waals surface area contributed by atoms with E-state index >= 15 is 0 Å². The molecule has 3 heterocycles. The first-order valence-electron chi connectivity index (χ1n) is 7.72. The average Bonchev–Trinajstić information content (AvgIpc) is 3.17. The SMILES string of the molecule is NC=Nc1cc(C(=O)Nc2csc(-c3nncn3C3CC3)n2)ncc1F. The number of thiazole rings is 1. The first-order valence-corrected chi connectivity index (χ1v) is 8.60. The number of pyridine rings is 1. The molecule has 4 rings (SSSR count). The number of nitrogens with two attached hydrogens (primary N) is 1. The Hall–Kier alpha value is -3.21. The Labute approximate surface area is 150 Å². The highest BCUT2D eigenvalue weighted by molar-refractivity contribution is 7.13. The van der Waals surface area contributed by atoms with E-state index in [-0.39, 0.29) is 11.4 Å². The number of carbonyl (C=O) groups is 1. The van der Waals surface area contributed by atoms with Crippen LogP contribution in [0.3, 0.4) is 0 Å². The molecule has 0 aliphatic heterocycles. The van der Waals surface area contributed by atoms with Crippen LogP contribution in [0, 0.1) is 5.82 Å². The summed E-state index contributed by atoms with van der Waals surface area (Å²) in [5.41, 5.74) is 5.10. The van der Waals surface area contributed by atoms with Crippen LogP contribution < -0.4 is 11.1 Å². The molecule has 0 atom stereocenters. The fourth-order valence-electron chi connectivity index (χ4n) is 2.36. The van der Waals surface area contributed by atoms with Gasteiger partial charge in [-0.15, -0.1) is 21.5 Å². The smallest absolute Gasteiger partial charge is 0.275 e. The highest BCUT2D eigenvalue weighted by Gasteiger charge is 2.27. The van der Waals surface area contributed by atoms with Gasteiger partial charge in [-0.25, -0.2) is 19.4 Å². The van der Waals surface area contributed by atoms with Gasteiger partial charge >= 0.3 is 0 Å². The van der Waals surface area contributed by atoms with E-state index in [1.54, 1.807) is 11.7 Å². The lowest BCUT2D eigenvalue weighted by Gasteiger charge is -2.03. The molecular formula is C15H13FN8OS. The van der Waals surface area contributed by atoms with Crippen LogP contribution in [-0.2, 0) is 0 Å². The molecule has 1 saturated carbocycles. The average molecular weight is 372 g/mol. The number of aliphatic imine (C=N–C) groups is 1. The molecule has 3 aromatic rings. The number of nitrogens with one attached hydrogen (secondary N) is 1. The molecular weight excluding hydrogens is 359 g/mol.